The summed E-state index contributed by atoms with van der Waals surface area (Å²) in [6.07, 6.45) is 0.187. The maximum absolute atomic E-state index is 12.2. The number of aryl methyl sites for hydroxylation is 2. The summed E-state index contributed by atoms with van der Waals surface area (Å²) < 4.78 is 0. The Morgan fingerprint density at radius 3 is 2.20 bits per heavy atom. The second-order valence-electron chi connectivity index (χ2n) is 6.00. The number of amides is 2. The van der Waals surface area contributed by atoms with Gasteiger partial charge in [-0.15, -0.1) is 0 Å². The highest BCUT2D eigenvalue weighted by Gasteiger charge is 2.13. The Bertz CT molecular complexity index is 800. The van der Waals surface area contributed by atoms with Gasteiger partial charge in [0.05, 0.1) is 11.6 Å². The third-order valence-corrected chi connectivity index (χ3v) is 3.76. The van der Waals surface area contributed by atoms with Crippen LogP contribution in [0, 0.1) is 25.2 Å². The third kappa shape index (κ3) is 5.18. The van der Waals surface area contributed by atoms with Crippen molar-refractivity contribution >= 4 is 23.2 Å². The Morgan fingerprint density at radius 2 is 1.68 bits per heavy atom. The Kier molecular flexibility index (Phi) is 5.91. The van der Waals surface area contributed by atoms with Gasteiger partial charge in [-0.25, -0.2) is 0 Å². The number of hydrogen-bond donors (Lipinski definition) is 1. The monoisotopic (exact) mass is 335 g/mol. The second-order valence-corrected chi connectivity index (χ2v) is 6.00. The lowest BCUT2D eigenvalue weighted by Gasteiger charge is -2.21. The van der Waals surface area contributed by atoms with Crippen molar-refractivity contribution < 1.29 is 9.59 Å². The normalized spacial score (nSPS) is 10.0. The molecule has 5 nitrogen and oxygen atoms in total. The topological polar surface area (TPSA) is 73.2 Å². The van der Waals surface area contributed by atoms with Gasteiger partial charge in [-0.05, 0) is 61.4 Å². The van der Waals surface area contributed by atoms with Gasteiger partial charge in [0.15, 0.2) is 0 Å². The molecule has 0 aromatic heterocycles. The summed E-state index contributed by atoms with van der Waals surface area (Å²) in [5.74, 6) is -0.297. The average Bonchev–Trinajstić information content (AvgIpc) is 2.54. The molecule has 0 saturated carbocycles. The molecule has 2 amide bonds. The van der Waals surface area contributed by atoms with E-state index in [4.69, 9.17) is 5.26 Å². The van der Waals surface area contributed by atoms with Crippen LogP contribution in [-0.2, 0) is 9.59 Å². The van der Waals surface area contributed by atoms with Gasteiger partial charge in [0.1, 0.15) is 0 Å². The van der Waals surface area contributed by atoms with Crippen LogP contribution in [0.2, 0.25) is 0 Å². The van der Waals surface area contributed by atoms with E-state index < -0.39 is 0 Å². The largest absolute Gasteiger partial charge is 0.326 e. The third-order valence-electron chi connectivity index (χ3n) is 3.76. The van der Waals surface area contributed by atoms with Crippen molar-refractivity contribution in [3.63, 3.8) is 0 Å². The molecule has 2 rings (SSSR count). The molecule has 0 aliphatic carbocycles. The predicted molar refractivity (Wildman–Crippen MR) is 98.3 cm³/mol. The lowest BCUT2D eigenvalue weighted by atomic mass is 10.1. The Hall–Kier alpha value is -3.13. The van der Waals surface area contributed by atoms with Gasteiger partial charge in [0.2, 0.25) is 11.8 Å². The van der Waals surface area contributed by atoms with Gasteiger partial charge in [0.25, 0.3) is 0 Å². The number of nitriles is 1. The molecule has 128 valence electrons. The number of carbonyl (C=O) groups is 2. The fourth-order valence-corrected chi connectivity index (χ4v) is 2.67. The van der Waals surface area contributed by atoms with Crippen molar-refractivity contribution in [2.24, 2.45) is 0 Å². The second kappa shape index (κ2) is 8.11. The molecular weight excluding hydrogens is 314 g/mol. The van der Waals surface area contributed by atoms with E-state index in [1.165, 1.54) is 11.8 Å². The van der Waals surface area contributed by atoms with Crippen LogP contribution in [0.3, 0.4) is 0 Å². The summed E-state index contributed by atoms with van der Waals surface area (Å²) in [6.45, 7) is 5.69. The number of benzene rings is 2. The first-order valence-corrected chi connectivity index (χ1v) is 8.05. The molecule has 5 heteroatoms. The molecule has 2 aromatic rings. The van der Waals surface area contributed by atoms with Crippen LogP contribution in [0.1, 0.15) is 30.0 Å². The number of anilines is 2. The van der Waals surface area contributed by atoms with Gasteiger partial charge in [-0.2, -0.15) is 5.26 Å². The van der Waals surface area contributed by atoms with Crippen molar-refractivity contribution in [1.82, 2.24) is 0 Å². The van der Waals surface area contributed by atoms with Gasteiger partial charge in [0, 0.05) is 31.3 Å². The minimum Gasteiger partial charge on any atom is -0.326 e. The van der Waals surface area contributed by atoms with Gasteiger partial charge < -0.3 is 10.2 Å². The molecule has 0 bridgehead atoms. The Morgan fingerprint density at radius 1 is 1.08 bits per heavy atom. The zero-order valence-corrected chi connectivity index (χ0v) is 14.7. The van der Waals surface area contributed by atoms with Gasteiger partial charge in [-0.3, -0.25) is 9.59 Å². The van der Waals surface area contributed by atoms with Crippen molar-refractivity contribution in [3.05, 3.63) is 59.2 Å². The van der Waals surface area contributed by atoms with E-state index in [1.807, 2.05) is 38.1 Å². The van der Waals surface area contributed by atoms with Crippen LogP contribution >= 0.6 is 0 Å². The van der Waals surface area contributed by atoms with Crippen LogP contribution in [0.15, 0.2) is 42.5 Å². The fourth-order valence-electron chi connectivity index (χ4n) is 2.67. The molecule has 2 aromatic carbocycles. The molecule has 0 aliphatic heterocycles. The highest BCUT2D eigenvalue weighted by atomic mass is 16.2. The summed E-state index contributed by atoms with van der Waals surface area (Å²) in [5, 5.41) is 11.7. The van der Waals surface area contributed by atoms with Crippen molar-refractivity contribution in [3.8, 4) is 6.07 Å². The smallest absolute Gasteiger partial charge is 0.226 e. The lowest BCUT2D eigenvalue weighted by Crippen LogP contribution is -2.31. The number of nitrogens with one attached hydrogen (secondary N) is 1. The first-order chi connectivity index (χ1) is 11.9. The molecule has 1 N–H and O–H groups in total. The molecule has 0 radical (unpaired) electrons. The van der Waals surface area contributed by atoms with Crippen molar-refractivity contribution in [1.29, 1.82) is 5.26 Å². The molecule has 0 saturated heterocycles. The van der Waals surface area contributed by atoms with Crippen molar-refractivity contribution in [2.75, 3.05) is 16.8 Å². The van der Waals surface area contributed by atoms with E-state index in [-0.39, 0.29) is 24.8 Å². The van der Waals surface area contributed by atoms with Crippen molar-refractivity contribution in [2.45, 2.75) is 27.2 Å². The molecule has 0 atom stereocenters. The number of carbonyl (C=O) groups excluding carboxylic acids is 2. The summed E-state index contributed by atoms with van der Waals surface area (Å²) in [7, 11) is 0. The van der Waals surface area contributed by atoms with Crippen LogP contribution in [0.4, 0.5) is 11.4 Å². The summed E-state index contributed by atoms with van der Waals surface area (Å²) in [5.41, 5.74) is 4.12. The highest BCUT2D eigenvalue weighted by Crippen LogP contribution is 2.17. The van der Waals surface area contributed by atoms with Crippen LogP contribution in [0.25, 0.3) is 0 Å². The molecule has 0 unspecified atom stereocenters. The first kappa shape index (κ1) is 18.2. The summed E-state index contributed by atoms with van der Waals surface area (Å²) in [6, 6.07) is 14.6. The van der Waals surface area contributed by atoms with E-state index in [2.05, 4.69) is 5.32 Å². The van der Waals surface area contributed by atoms with E-state index in [9.17, 15) is 9.59 Å². The predicted octanol–water partition coefficient (Wildman–Crippen LogP) is 3.56. The van der Waals surface area contributed by atoms with Crippen LogP contribution in [-0.4, -0.2) is 18.4 Å². The minimum atomic E-state index is -0.149. The number of hydrogen-bond acceptors (Lipinski definition) is 3. The zero-order valence-electron chi connectivity index (χ0n) is 14.7. The number of nitrogens with zero attached hydrogens (tertiary/aromatic N) is 2. The average molecular weight is 335 g/mol. The quantitative estimate of drug-likeness (QED) is 0.908. The maximum atomic E-state index is 12.2. The highest BCUT2D eigenvalue weighted by molar-refractivity contribution is 5.94. The summed E-state index contributed by atoms with van der Waals surface area (Å²) >= 11 is 0. The first-order valence-electron chi connectivity index (χ1n) is 8.05. The zero-order chi connectivity index (χ0) is 18.4. The molecular formula is C20H21N3O2. The minimum absolute atomic E-state index is 0.148. The number of rotatable bonds is 5. The van der Waals surface area contributed by atoms with Gasteiger partial charge in [-0.1, -0.05) is 6.07 Å². The molecule has 0 aliphatic rings. The van der Waals surface area contributed by atoms with E-state index in [0.717, 1.165) is 16.8 Å². The standard InChI is InChI=1S/C20H21N3O2/c1-14-10-15(2)12-18(11-14)22-20(25)8-9-23(16(3)24)19-6-4-17(13-21)5-7-19/h4-7,10-12H,8-9H2,1-3H3,(H,22,25). The molecule has 0 spiro atoms. The molecule has 0 heterocycles. The molecule has 0 fully saturated rings. The van der Waals surface area contributed by atoms with E-state index >= 15 is 0 Å². The Balaban J connectivity index is 2.01. The molecule has 25 heavy (non-hydrogen) atoms. The van der Waals surface area contributed by atoms with Gasteiger partial charge >= 0.3 is 0 Å². The van der Waals surface area contributed by atoms with Crippen LogP contribution < -0.4 is 10.2 Å². The summed E-state index contributed by atoms with van der Waals surface area (Å²) in [4.78, 5) is 25.6. The SMILES string of the molecule is CC(=O)N(CCC(=O)Nc1cc(C)cc(C)c1)c1ccc(C#N)cc1. The Labute approximate surface area is 147 Å². The van der Waals surface area contributed by atoms with E-state index in [1.54, 1.807) is 24.3 Å². The maximum Gasteiger partial charge on any atom is 0.226 e. The van der Waals surface area contributed by atoms with E-state index in [0.29, 0.717) is 11.3 Å². The fraction of sp³-hybridized carbons (Fsp3) is 0.250. The lowest BCUT2D eigenvalue weighted by molar-refractivity contribution is -0.117. The van der Waals surface area contributed by atoms with Crippen LogP contribution in [0.5, 0.6) is 0 Å².